The molecule has 8 nitrogen and oxygen atoms in total. The topological polar surface area (TPSA) is 114 Å². The molecule has 0 unspecified atom stereocenters. The SMILES string of the molecule is COc1ccc2c(OC)ccc(C(=O)Nc3ccc(-c4ccc5c(C(=O)O)n[nH]c5c4)cc3)c2c1. The number of anilines is 1. The number of amides is 1. The first kappa shape index (κ1) is 22.0. The number of hydrogen-bond donors (Lipinski definition) is 3. The van der Waals surface area contributed by atoms with Gasteiger partial charge in [0.25, 0.3) is 5.91 Å². The average Bonchev–Trinajstić information content (AvgIpc) is 3.31. The molecule has 174 valence electrons. The lowest BCUT2D eigenvalue weighted by molar-refractivity contribution is 0.0692. The van der Waals surface area contributed by atoms with E-state index in [9.17, 15) is 14.7 Å². The van der Waals surface area contributed by atoms with Crippen LogP contribution in [0.4, 0.5) is 5.69 Å². The van der Waals surface area contributed by atoms with Crippen molar-refractivity contribution in [1.29, 1.82) is 0 Å². The number of fused-ring (bicyclic) bond motifs is 2. The van der Waals surface area contributed by atoms with Crippen molar-refractivity contribution in [2.24, 2.45) is 0 Å². The predicted molar refractivity (Wildman–Crippen MR) is 133 cm³/mol. The van der Waals surface area contributed by atoms with Crippen LogP contribution < -0.4 is 14.8 Å². The summed E-state index contributed by atoms with van der Waals surface area (Å²) in [7, 11) is 3.17. The number of aromatic nitrogens is 2. The van der Waals surface area contributed by atoms with Crippen molar-refractivity contribution in [3.63, 3.8) is 0 Å². The standard InChI is InChI=1S/C27H21N3O5/c1-34-18-8-10-19-22(14-18)20(11-12-24(19)35-2)26(31)28-17-6-3-15(4-7-17)16-5-9-21-23(13-16)29-30-25(21)27(32)33/h3-14H,1-2H3,(H,28,31)(H,29,30)(H,32,33). The summed E-state index contributed by atoms with van der Waals surface area (Å²) in [5.41, 5.74) is 3.58. The molecule has 0 spiro atoms. The van der Waals surface area contributed by atoms with Gasteiger partial charge in [-0.2, -0.15) is 5.10 Å². The van der Waals surface area contributed by atoms with Gasteiger partial charge >= 0.3 is 5.97 Å². The minimum absolute atomic E-state index is 0.00622. The molecule has 1 amide bonds. The summed E-state index contributed by atoms with van der Waals surface area (Å²) in [5.74, 6) is -0.00644. The molecule has 5 rings (SSSR count). The van der Waals surface area contributed by atoms with Crippen molar-refractivity contribution < 1.29 is 24.2 Å². The number of aromatic carboxylic acids is 1. The molecule has 1 aromatic heterocycles. The van der Waals surface area contributed by atoms with Crippen molar-refractivity contribution in [2.45, 2.75) is 0 Å². The molecule has 0 aliphatic carbocycles. The van der Waals surface area contributed by atoms with Crippen LogP contribution in [0.25, 0.3) is 32.8 Å². The highest BCUT2D eigenvalue weighted by atomic mass is 16.5. The number of nitrogens with zero attached hydrogens (tertiary/aromatic N) is 1. The van der Waals surface area contributed by atoms with Gasteiger partial charge in [-0.1, -0.05) is 18.2 Å². The number of ether oxygens (including phenoxy) is 2. The number of carbonyl (C=O) groups excluding carboxylic acids is 1. The van der Waals surface area contributed by atoms with Crippen LogP contribution in [0.1, 0.15) is 20.8 Å². The van der Waals surface area contributed by atoms with Gasteiger partial charge in [0.15, 0.2) is 5.69 Å². The molecule has 0 aliphatic heterocycles. The number of benzene rings is 4. The number of methoxy groups -OCH3 is 2. The summed E-state index contributed by atoms with van der Waals surface area (Å²) in [6.07, 6.45) is 0. The second-order valence-corrected chi connectivity index (χ2v) is 7.90. The molecule has 0 bridgehead atoms. The first-order valence-electron chi connectivity index (χ1n) is 10.8. The summed E-state index contributed by atoms with van der Waals surface area (Å²) in [6.45, 7) is 0. The molecule has 4 aromatic carbocycles. The highest BCUT2D eigenvalue weighted by Gasteiger charge is 2.15. The number of carboxylic acid groups (broad SMARTS) is 1. The molecular formula is C27H21N3O5. The lowest BCUT2D eigenvalue weighted by Gasteiger charge is -2.12. The number of rotatable bonds is 6. The summed E-state index contributed by atoms with van der Waals surface area (Å²) >= 11 is 0. The third-order valence-electron chi connectivity index (χ3n) is 5.89. The van der Waals surface area contributed by atoms with Crippen LogP contribution in [0, 0.1) is 0 Å². The fourth-order valence-electron chi connectivity index (χ4n) is 4.11. The van der Waals surface area contributed by atoms with Gasteiger partial charge in [-0.3, -0.25) is 9.89 Å². The van der Waals surface area contributed by atoms with E-state index in [0.717, 1.165) is 21.9 Å². The van der Waals surface area contributed by atoms with Crippen molar-refractivity contribution >= 4 is 39.2 Å². The molecule has 1 heterocycles. The van der Waals surface area contributed by atoms with E-state index in [1.165, 1.54) is 0 Å². The molecule has 5 aromatic rings. The second-order valence-electron chi connectivity index (χ2n) is 7.90. The third kappa shape index (κ3) is 4.02. The van der Waals surface area contributed by atoms with E-state index in [0.29, 0.717) is 33.7 Å². The van der Waals surface area contributed by atoms with Crippen LogP contribution >= 0.6 is 0 Å². The Morgan fingerprint density at radius 1 is 0.829 bits per heavy atom. The maximum Gasteiger partial charge on any atom is 0.357 e. The van der Waals surface area contributed by atoms with Crippen LogP contribution in [0.3, 0.4) is 0 Å². The highest BCUT2D eigenvalue weighted by molar-refractivity contribution is 6.14. The monoisotopic (exact) mass is 467 g/mol. The van der Waals surface area contributed by atoms with Crippen LogP contribution in [0.15, 0.2) is 72.8 Å². The number of aromatic amines is 1. The summed E-state index contributed by atoms with van der Waals surface area (Å²) in [4.78, 5) is 24.4. The molecule has 0 aliphatic rings. The van der Waals surface area contributed by atoms with Gasteiger partial charge in [-0.05, 0) is 65.7 Å². The highest BCUT2D eigenvalue weighted by Crippen LogP contribution is 2.32. The average molecular weight is 467 g/mol. The van der Waals surface area contributed by atoms with E-state index in [1.54, 1.807) is 32.4 Å². The third-order valence-corrected chi connectivity index (χ3v) is 5.89. The van der Waals surface area contributed by atoms with Crippen LogP contribution in [0.5, 0.6) is 11.5 Å². The number of carbonyl (C=O) groups is 2. The summed E-state index contributed by atoms with van der Waals surface area (Å²) < 4.78 is 10.8. The zero-order valence-electron chi connectivity index (χ0n) is 19.0. The maximum atomic E-state index is 13.1. The van der Waals surface area contributed by atoms with Crippen molar-refractivity contribution in [3.8, 4) is 22.6 Å². The smallest absolute Gasteiger partial charge is 0.357 e. The molecule has 0 radical (unpaired) electrons. The second kappa shape index (κ2) is 8.83. The van der Waals surface area contributed by atoms with Crippen molar-refractivity contribution in [1.82, 2.24) is 10.2 Å². The lowest BCUT2D eigenvalue weighted by Crippen LogP contribution is -2.12. The van der Waals surface area contributed by atoms with Crippen molar-refractivity contribution in [2.75, 3.05) is 19.5 Å². The fourth-order valence-corrected chi connectivity index (χ4v) is 4.11. The molecule has 35 heavy (non-hydrogen) atoms. The van der Waals surface area contributed by atoms with E-state index in [1.807, 2.05) is 54.6 Å². The van der Waals surface area contributed by atoms with Crippen LogP contribution in [-0.2, 0) is 0 Å². The van der Waals surface area contributed by atoms with Gasteiger partial charge in [0.1, 0.15) is 11.5 Å². The number of hydrogen-bond acceptors (Lipinski definition) is 5. The van der Waals surface area contributed by atoms with E-state index in [-0.39, 0.29) is 11.6 Å². The Hall–Kier alpha value is -4.85. The first-order valence-corrected chi connectivity index (χ1v) is 10.8. The Morgan fingerprint density at radius 2 is 1.57 bits per heavy atom. The molecule has 3 N–H and O–H groups in total. The summed E-state index contributed by atoms with van der Waals surface area (Å²) in [5, 5.41) is 20.9. The van der Waals surface area contributed by atoms with Crippen LogP contribution in [0.2, 0.25) is 0 Å². The quantitative estimate of drug-likeness (QED) is 0.310. The normalized spacial score (nSPS) is 10.9. The lowest BCUT2D eigenvalue weighted by atomic mass is 10.0. The van der Waals surface area contributed by atoms with E-state index in [4.69, 9.17) is 9.47 Å². The van der Waals surface area contributed by atoms with Crippen LogP contribution in [-0.4, -0.2) is 41.4 Å². The number of nitrogens with one attached hydrogen (secondary N) is 2. The minimum atomic E-state index is -1.08. The van der Waals surface area contributed by atoms with Crippen molar-refractivity contribution in [3.05, 3.63) is 84.1 Å². The maximum absolute atomic E-state index is 13.1. The molecule has 0 saturated carbocycles. The fraction of sp³-hybridized carbons (Fsp3) is 0.0741. The predicted octanol–water partition coefficient (Wildman–Crippen LogP) is 5.35. The first-order chi connectivity index (χ1) is 17.0. The van der Waals surface area contributed by atoms with Gasteiger partial charge < -0.3 is 19.9 Å². The van der Waals surface area contributed by atoms with E-state index >= 15 is 0 Å². The number of carboxylic acids is 1. The zero-order valence-corrected chi connectivity index (χ0v) is 19.0. The van der Waals surface area contributed by atoms with Gasteiger partial charge in [-0.15, -0.1) is 0 Å². The molecule has 0 fully saturated rings. The van der Waals surface area contributed by atoms with Gasteiger partial charge in [0.2, 0.25) is 0 Å². The molecule has 0 atom stereocenters. The zero-order chi connectivity index (χ0) is 24.5. The van der Waals surface area contributed by atoms with Gasteiger partial charge in [0, 0.05) is 27.4 Å². The Bertz CT molecular complexity index is 1590. The molecular weight excluding hydrogens is 446 g/mol. The Kier molecular flexibility index (Phi) is 5.54. The minimum Gasteiger partial charge on any atom is -0.497 e. The molecule has 0 saturated heterocycles. The Balaban J connectivity index is 1.41. The van der Waals surface area contributed by atoms with E-state index < -0.39 is 5.97 Å². The molecule has 8 heteroatoms. The number of H-pyrrole nitrogens is 1. The van der Waals surface area contributed by atoms with Gasteiger partial charge in [-0.25, -0.2) is 4.79 Å². The van der Waals surface area contributed by atoms with Gasteiger partial charge in [0.05, 0.1) is 19.7 Å². The largest absolute Gasteiger partial charge is 0.497 e. The Morgan fingerprint density at radius 3 is 2.29 bits per heavy atom. The van der Waals surface area contributed by atoms with E-state index in [2.05, 4.69) is 15.5 Å². The summed E-state index contributed by atoms with van der Waals surface area (Å²) in [6, 6.07) is 21.9. The Labute approximate surface area is 200 Å².